The number of alkyl carbamates (subject to hydrolysis) is 1. The van der Waals surface area contributed by atoms with Crippen LogP contribution in [0.3, 0.4) is 0 Å². The van der Waals surface area contributed by atoms with E-state index in [0.717, 1.165) is 19.4 Å². The molecule has 0 radical (unpaired) electrons. The Morgan fingerprint density at radius 1 is 1.52 bits per heavy atom. The topological polar surface area (TPSA) is 54.5 Å². The Morgan fingerprint density at radius 2 is 2.26 bits per heavy atom. The molecule has 1 fully saturated rings. The fourth-order valence-electron chi connectivity index (χ4n) is 2.83. The fraction of sp³-hybridized carbons (Fsp3) is 0.647. The average Bonchev–Trinajstić information content (AvgIpc) is 2.45. The van der Waals surface area contributed by atoms with Gasteiger partial charge in [-0.05, 0) is 58.6 Å². The number of hydrogen-bond acceptors (Lipinski definition) is 4. The van der Waals surface area contributed by atoms with E-state index in [0.29, 0.717) is 12.4 Å². The smallest absolute Gasteiger partial charge is 0.407 e. The van der Waals surface area contributed by atoms with Crippen molar-refractivity contribution in [1.29, 1.82) is 0 Å². The van der Waals surface area contributed by atoms with Gasteiger partial charge < -0.3 is 15.0 Å². The van der Waals surface area contributed by atoms with Crippen molar-refractivity contribution in [2.75, 3.05) is 18.0 Å². The minimum Gasteiger partial charge on any atom is -0.444 e. The summed E-state index contributed by atoms with van der Waals surface area (Å²) in [7, 11) is 0. The highest BCUT2D eigenvalue weighted by Gasteiger charge is 2.28. The van der Waals surface area contributed by atoms with Gasteiger partial charge in [0.2, 0.25) is 0 Å². The molecule has 0 aliphatic carbocycles. The molecule has 6 heteroatoms. The third kappa shape index (κ3) is 5.08. The summed E-state index contributed by atoms with van der Waals surface area (Å²) < 4.78 is 19.2. The van der Waals surface area contributed by atoms with Gasteiger partial charge in [-0.1, -0.05) is 0 Å². The number of anilines is 1. The molecule has 0 unspecified atom stereocenters. The zero-order chi connectivity index (χ0) is 17.0. The number of halogens is 1. The van der Waals surface area contributed by atoms with Crippen molar-refractivity contribution >= 4 is 11.9 Å². The predicted octanol–water partition coefficient (Wildman–Crippen LogP) is 3.35. The molecule has 0 spiro atoms. The zero-order valence-electron chi connectivity index (χ0n) is 14.3. The molecular formula is C17H26FN3O2. The largest absolute Gasteiger partial charge is 0.444 e. The second kappa shape index (κ2) is 7.15. The van der Waals surface area contributed by atoms with E-state index in [1.165, 1.54) is 6.07 Å². The molecule has 0 aromatic carbocycles. The fourth-order valence-corrected chi connectivity index (χ4v) is 2.83. The number of carbonyl (C=O) groups is 1. The van der Waals surface area contributed by atoms with Crippen LogP contribution in [0, 0.1) is 11.7 Å². The molecule has 2 rings (SSSR count). The van der Waals surface area contributed by atoms with Crippen LogP contribution in [0.2, 0.25) is 0 Å². The maximum atomic E-state index is 13.9. The third-order valence-electron chi connectivity index (χ3n) is 3.95. The van der Waals surface area contributed by atoms with Crippen LogP contribution in [0.1, 0.15) is 40.5 Å². The highest BCUT2D eigenvalue weighted by atomic mass is 19.1. The van der Waals surface area contributed by atoms with Crippen molar-refractivity contribution < 1.29 is 13.9 Å². The van der Waals surface area contributed by atoms with E-state index in [9.17, 15) is 9.18 Å². The van der Waals surface area contributed by atoms with Crippen molar-refractivity contribution in [2.45, 2.75) is 52.2 Å². The Morgan fingerprint density at radius 3 is 2.91 bits per heavy atom. The number of amides is 1. The molecule has 1 aliphatic heterocycles. The van der Waals surface area contributed by atoms with Crippen LogP contribution in [0.5, 0.6) is 0 Å². The summed E-state index contributed by atoms with van der Waals surface area (Å²) in [6.07, 6.45) is 3.12. The highest BCUT2D eigenvalue weighted by Crippen LogP contribution is 2.25. The Kier molecular flexibility index (Phi) is 5.44. The van der Waals surface area contributed by atoms with Gasteiger partial charge in [0.15, 0.2) is 11.6 Å². The first-order valence-corrected chi connectivity index (χ1v) is 8.11. The number of hydrogen-bond donors (Lipinski definition) is 1. The molecule has 128 valence electrons. The predicted molar refractivity (Wildman–Crippen MR) is 88.0 cm³/mol. The number of ether oxygens (including phenoxy) is 1. The molecule has 2 atom stereocenters. The molecule has 1 amide bonds. The van der Waals surface area contributed by atoms with Crippen LogP contribution in [-0.4, -0.2) is 35.8 Å². The lowest BCUT2D eigenvalue weighted by Crippen LogP contribution is -2.47. The van der Waals surface area contributed by atoms with E-state index >= 15 is 0 Å². The van der Waals surface area contributed by atoms with Crippen LogP contribution >= 0.6 is 0 Å². The molecule has 1 aromatic heterocycles. The van der Waals surface area contributed by atoms with E-state index in [1.54, 1.807) is 12.3 Å². The minimum atomic E-state index is -0.514. The van der Waals surface area contributed by atoms with E-state index < -0.39 is 11.7 Å². The first-order valence-electron chi connectivity index (χ1n) is 8.11. The van der Waals surface area contributed by atoms with Gasteiger partial charge in [0.05, 0.1) is 0 Å². The normalized spacial score (nSPS) is 20.0. The van der Waals surface area contributed by atoms with Crippen molar-refractivity contribution in [3.8, 4) is 0 Å². The van der Waals surface area contributed by atoms with Crippen molar-refractivity contribution in [3.05, 3.63) is 24.1 Å². The van der Waals surface area contributed by atoms with Gasteiger partial charge in [-0.25, -0.2) is 14.2 Å². The van der Waals surface area contributed by atoms with E-state index in [4.69, 9.17) is 4.74 Å². The summed E-state index contributed by atoms with van der Waals surface area (Å²) >= 11 is 0. The number of aromatic nitrogens is 1. The average molecular weight is 323 g/mol. The maximum Gasteiger partial charge on any atom is 0.407 e. The molecule has 1 aliphatic rings. The van der Waals surface area contributed by atoms with Crippen molar-refractivity contribution in [2.24, 2.45) is 5.92 Å². The maximum absolute atomic E-state index is 13.9. The minimum absolute atomic E-state index is 0.0422. The van der Waals surface area contributed by atoms with Crippen LogP contribution in [0.15, 0.2) is 18.3 Å². The summed E-state index contributed by atoms with van der Waals surface area (Å²) in [6.45, 7) is 8.93. The van der Waals surface area contributed by atoms with Crippen molar-refractivity contribution in [3.63, 3.8) is 0 Å². The zero-order valence-corrected chi connectivity index (χ0v) is 14.3. The monoisotopic (exact) mass is 323 g/mol. The van der Waals surface area contributed by atoms with E-state index in [2.05, 4.69) is 10.3 Å². The van der Waals surface area contributed by atoms with Gasteiger partial charge in [0.1, 0.15) is 5.60 Å². The van der Waals surface area contributed by atoms with Crippen molar-refractivity contribution in [1.82, 2.24) is 10.3 Å². The van der Waals surface area contributed by atoms with E-state index in [-0.39, 0.29) is 17.8 Å². The number of nitrogens with zero attached hydrogens (tertiary/aromatic N) is 2. The first-order chi connectivity index (χ1) is 10.8. The molecular weight excluding hydrogens is 297 g/mol. The van der Waals surface area contributed by atoms with E-state index in [1.807, 2.05) is 32.6 Å². The molecule has 5 nitrogen and oxygen atoms in total. The van der Waals surface area contributed by atoms with Gasteiger partial charge in [0.25, 0.3) is 0 Å². The lowest BCUT2D eigenvalue weighted by Gasteiger charge is -2.36. The molecule has 2 heterocycles. The number of nitrogens with one attached hydrogen (secondary N) is 1. The Labute approximate surface area is 137 Å². The summed E-state index contributed by atoms with van der Waals surface area (Å²) in [5.41, 5.74) is -0.514. The summed E-state index contributed by atoms with van der Waals surface area (Å²) in [5, 5.41) is 2.89. The van der Waals surface area contributed by atoms with Gasteiger partial charge >= 0.3 is 6.09 Å². The third-order valence-corrected chi connectivity index (χ3v) is 3.95. The quantitative estimate of drug-likeness (QED) is 0.927. The molecule has 1 N–H and O–H groups in total. The number of piperidine rings is 1. The number of pyridine rings is 1. The first kappa shape index (κ1) is 17.5. The van der Waals surface area contributed by atoms with Crippen LogP contribution in [0.4, 0.5) is 15.0 Å². The summed E-state index contributed by atoms with van der Waals surface area (Å²) in [6, 6.07) is 2.97. The Hall–Kier alpha value is -1.85. The van der Waals surface area contributed by atoms with Crippen LogP contribution in [0.25, 0.3) is 0 Å². The van der Waals surface area contributed by atoms with Gasteiger partial charge in [-0.15, -0.1) is 0 Å². The molecule has 23 heavy (non-hydrogen) atoms. The SMILES string of the molecule is C[C@@H](NC(=O)OC(C)(C)C)[C@@H]1CCCN(c2ncccc2F)C1. The highest BCUT2D eigenvalue weighted by molar-refractivity contribution is 5.68. The van der Waals surface area contributed by atoms with Crippen LogP contribution in [-0.2, 0) is 4.74 Å². The van der Waals surface area contributed by atoms with Gasteiger partial charge in [0, 0.05) is 25.3 Å². The molecule has 0 bridgehead atoms. The van der Waals surface area contributed by atoms with Gasteiger partial charge in [-0.3, -0.25) is 0 Å². The number of carbonyl (C=O) groups excluding carboxylic acids is 1. The second-order valence-electron chi connectivity index (χ2n) is 7.09. The summed E-state index contributed by atoms with van der Waals surface area (Å²) in [4.78, 5) is 18.0. The Bertz CT molecular complexity index is 545. The lowest BCUT2D eigenvalue weighted by molar-refractivity contribution is 0.0489. The summed E-state index contributed by atoms with van der Waals surface area (Å²) in [5.74, 6) is 0.320. The van der Waals surface area contributed by atoms with Crippen LogP contribution < -0.4 is 10.2 Å². The standard InChI is InChI=1S/C17H26FN3O2/c1-12(20-16(22)23-17(2,3)4)13-7-6-10-21(11-13)15-14(18)8-5-9-19-15/h5,8-9,12-13H,6-7,10-11H2,1-4H3,(H,20,22)/t12-,13-/m1/s1. The number of rotatable bonds is 3. The molecule has 1 saturated heterocycles. The Balaban J connectivity index is 1.95. The molecule has 0 saturated carbocycles. The van der Waals surface area contributed by atoms with Gasteiger partial charge in [-0.2, -0.15) is 0 Å². The molecule has 1 aromatic rings. The second-order valence-corrected chi connectivity index (χ2v) is 7.09. The lowest BCUT2D eigenvalue weighted by atomic mass is 9.91.